The Morgan fingerprint density at radius 3 is 2.06 bits per heavy atom. The molecular weight excluding hydrogens is 194 g/mol. The van der Waals surface area contributed by atoms with Crippen LogP contribution in [0.4, 0.5) is 0 Å². The molecule has 1 fully saturated rings. The highest BCUT2D eigenvalue weighted by Gasteiger charge is 2.13. The van der Waals surface area contributed by atoms with Gasteiger partial charge >= 0.3 is 0 Å². The number of hydrogen-bond donors (Lipinski definition) is 1. The van der Waals surface area contributed by atoms with Gasteiger partial charge in [0.05, 0.1) is 0 Å². The van der Waals surface area contributed by atoms with Crippen LogP contribution < -0.4 is 5.73 Å². The summed E-state index contributed by atoms with van der Waals surface area (Å²) < 4.78 is 0. The van der Waals surface area contributed by atoms with Crippen molar-refractivity contribution in [1.29, 1.82) is 0 Å². The van der Waals surface area contributed by atoms with E-state index >= 15 is 0 Å². The van der Waals surface area contributed by atoms with E-state index in [9.17, 15) is 0 Å². The van der Waals surface area contributed by atoms with Crippen LogP contribution >= 0.6 is 0 Å². The lowest BCUT2D eigenvalue weighted by Gasteiger charge is -1.88. The lowest BCUT2D eigenvalue weighted by Crippen LogP contribution is -1.94. The van der Waals surface area contributed by atoms with Gasteiger partial charge in [0.15, 0.2) is 0 Å². The molecule has 0 heterocycles. The third-order valence-electron chi connectivity index (χ3n) is 1.97. The van der Waals surface area contributed by atoms with Crippen molar-refractivity contribution in [2.45, 2.75) is 46.1 Å². The van der Waals surface area contributed by atoms with Crippen molar-refractivity contribution in [1.82, 2.24) is 0 Å². The molecule has 0 atom stereocenters. The molecule has 1 nitrogen and oxygen atoms in total. The number of hydrogen-bond acceptors (Lipinski definition) is 1. The topological polar surface area (TPSA) is 26.0 Å². The third kappa shape index (κ3) is 9.47. The molecule has 1 aromatic carbocycles. The molecule has 16 heavy (non-hydrogen) atoms. The molecule has 90 valence electrons. The predicted molar refractivity (Wildman–Crippen MR) is 74.3 cm³/mol. The third-order valence-corrected chi connectivity index (χ3v) is 1.97. The standard InChI is InChI=1S/C10H12.C3H7N.C2H6/c1-2-3-7-10-8-5-4-6-9-10;4-3-1-2-3;1-2/h3-9H,2H2,1H3;3H,1-2,4H2;1-2H3/b7-3-;;. The van der Waals surface area contributed by atoms with Crippen LogP contribution in [0, 0.1) is 0 Å². The summed E-state index contributed by atoms with van der Waals surface area (Å²) in [6.45, 7) is 6.14. The van der Waals surface area contributed by atoms with Gasteiger partial charge < -0.3 is 5.73 Å². The summed E-state index contributed by atoms with van der Waals surface area (Å²) in [6.07, 6.45) is 7.93. The highest BCUT2D eigenvalue weighted by molar-refractivity contribution is 5.48. The SMILES string of the molecule is CC.CC/C=C\c1ccccc1.NC1CC1. The summed E-state index contributed by atoms with van der Waals surface area (Å²) in [7, 11) is 0. The highest BCUT2D eigenvalue weighted by atomic mass is 14.7. The molecule has 0 amide bonds. The van der Waals surface area contributed by atoms with E-state index in [1.54, 1.807) is 0 Å². The van der Waals surface area contributed by atoms with E-state index in [0.717, 1.165) is 6.42 Å². The van der Waals surface area contributed by atoms with E-state index < -0.39 is 0 Å². The quantitative estimate of drug-likeness (QED) is 0.791. The lowest BCUT2D eigenvalue weighted by atomic mass is 10.2. The molecule has 0 unspecified atom stereocenters. The maximum absolute atomic E-state index is 5.22. The molecule has 1 aliphatic carbocycles. The molecule has 0 aromatic heterocycles. The zero-order chi connectivity index (χ0) is 12.2. The van der Waals surface area contributed by atoms with Gasteiger partial charge in [0.25, 0.3) is 0 Å². The fourth-order valence-electron chi connectivity index (χ4n) is 0.914. The average Bonchev–Trinajstić information content (AvgIpc) is 3.14. The normalized spacial score (nSPS) is 13.5. The van der Waals surface area contributed by atoms with Gasteiger partial charge in [-0.05, 0) is 24.8 Å². The Hall–Kier alpha value is -1.08. The molecule has 0 aliphatic heterocycles. The molecule has 0 spiro atoms. The summed E-state index contributed by atoms with van der Waals surface area (Å²) in [6, 6.07) is 10.9. The molecule has 1 aliphatic rings. The Bertz CT molecular complexity index is 260. The minimum absolute atomic E-state index is 0.583. The van der Waals surface area contributed by atoms with Crippen molar-refractivity contribution < 1.29 is 0 Å². The van der Waals surface area contributed by atoms with E-state index in [0.29, 0.717) is 6.04 Å². The number of rotatable bonds is 2. The Morgan fingerprint density at radius 1 is 1.19 bits per heavy atom. The molecule has 1 heteroatoms. The van der Waals surface area contributed by atoms with Crippen molar-refractivity contribution in [3.8, 4) is 0 Å². The first kappa shape index (κ1) is 14.9. The van der Waals surface area contributed by atoms with Crippen LogP contribution in [0.15, 0.2) is 36.4 Å². The average molecular weight is 219 g/mol. The van der Waals surface area contributed by atoms with Crippen LogP contribution in [0.1, 0.15) is 45.6 Å². The maximum Gasteiger partial charge on any atom is 0.00399 e. The fraction of sp³-hybridized carbons (Fsp3) is 0.467. The minimum Gasteiger partial charge on any atom is -0.328 e. The predicted octanol–water partition coefficient (Wildman–Crippen LogP) is 4.24. The summed E-state index contributed by atoms with van der Waals surface area (Å²) >= 11 is 0. The second-order valence-electron chi connectivity index (χ2n) is 3.56. The zero-order valence-corrected chi connectivity index (χ0v) is 10.8. The van der Waals surface area contributed by atoms with Gasteiger partial charge in [0.1, 0.15) is 0 Å². The van der Waals surface area contributed by atoms with Crippen LogP contribution in [0.5, 0.6) is 0 Å². The second-order valence-corrected chi connectivity index (χ2v) is 3.56. The van der Waals surface area contributed by atoms with Gasteiger partial charge in [-0.2, -0.15) is 0 Å². The number of benzene rings is 1. The van der Waals surface area contributed by atoms with E-state index in [1.807, 2.05) is 19.9 Å². The first-order valence-corrected chi connectivity index (χ1v) is 6.30. The fourth-order valence-corrected chi connectivity index (χ4v) is 0.914. The summed E-state index contributed by atoms with van der Waals surface area (Å²) in [5.41, 5.74) is 6.50. The van der Waals surface area contributed by atoms with Gasteiger partial charge in [-0.3, -0.25) is 0 Å². The van der Waals surface area contributed by atoms with Crippen LogP contribution in [0.25, 0.3) is 6.08 Å². The molecule has 1 saturated carbocycles. The smallest absolute Gasteiger partial charge is 0.00399 e. The number of allylic oxidation sites excluding steroid dienone is 1. The van der Waals surface area contributed by atoms with E-state index in [4.69, 9.17) is 5.73 Å². The summed E-state index contributed by atoms with van der Waals surface area (Å²) in [5.74, 6) is 0. The first-order chi connectivity index (χ1) is 7.83. The van der Waals surface area contributed by atoms with Gasteiger partial charge in [0, 0.05) is 6.04 Å². The number of nitrogens with two attached hydrogens (primary N) is 1. The molecule has 0 bridgehead atoms. The van der Waals surface area contributed by atoms with Crippen molar-refractivity contribution in [2.75, 3.05) is 0 Å². The van der Waals surface area contributed by atoms with Crippen molar-refractivity contribution >= 4 is 6.08 Å². The van der Waals surface area contributed by atoms with E-state index in [1.165, 1.54) is 18.4 Å². The molecule has 2 rings (SSSR count). The molecule has 2 N–H and O–H groups in total. The minimum atomic E-state index is 0.583. The van der Waals surface area contributed by atoms with Gasteiger partial charge in [0.2, 0.25) is 0 Å². The van der Waals surface area contributed by atoms with Gasteiger partial charge in [-0.15, -0.1) is 0 Å². The summed E-state index contributed by atoms with van der Waals surface area (Å²) in [5, 5.41) is 0. The maximum atomic E-state index is 5.22. The zero-order valence-electron chi connectivity index (χ0n) is 10.8. The molecular formula is C15H25N. The Balaban J connectivity index is 0.000000311. The van der Waals surface area contributed by atoms with Gasteiger partial charge in [-0.25, -0.2) is 0 Å². The Kier molecular flexibility index (Phi) is 9.73. The van der Waals surface area contributed by atoms with Crippen LogP contribution in [0.2, 0.25) is 0 Å². The Morgan fingerprint density at radius 2 is 1.69 bits per heavy atom. The molecule has 0 radical (unpaired) electrons. The van der Waals surface area contributed by atoms with Crippen LogP contribution in [-0.4, -0.2) is 6.04 Å². The Labute approximate surface area is 100 Å². The monoisotopic (exact) mass is 219 g/mol. The van der Waals surface area contributed by atoms with E-state index in [2.05, 4.69) is 43.3 Å². The van der Waals surface area contributed by atoms with Crippen molar-refractivity contribution in [3.63, 3.8) is 0 Å². The van der Waals surface area contributed by atoms with Crippen LogP contribution in [-0.2, 0) is 0 Å². The molecule has 1 aromatic rings. The highest BCUT2D eigenvalue weighted by Crippen LogP contribution is 2.13. The summed E-state index contributed by atoms with van der Waals surface area (Å²) in [4.78, 5) is 0. The van der Waals surface area contributed by atoms with Crippen LogP contribution in [0.3, 0.4) is 0 Å². The lowest BCUT2D eigenvalue weighted by molar-refractivity contribution is 1.07. The molecule has 0 saturated heterocycles. The first-order valence-electron chi connectivity index (χ1n) is 6.30. The van der Waals surface area contributed by atoms with Gasteiger partial charge in [-0.1, -0.05) is 63.3 Å². The second kappa shape index (κ2) is 10.4. The van der Waals surface area contributed by atoms with Crippen molar-refractivity contribution in [3.05, 3.63) is 42.0 Å². The largest absolute Gasteiger partial charge is 0.328 e. The van der Waals surface area contributed by atoms with E-state index in [-0.39, 0.29) is 0 Å². The van der Waals surface area contributed by atoms with Crippen molar-refractivity contribution in [2.24, 2.45) is 5.73 Å².